The van der Waals surface area contributed by atoms with Crippen LogP contribution in [0.4, 0.5) is 0 Å². The molecule has 2 amide bonds. The van der Waals surface area contributed by atoms with Gasteiger partial charge in [0.2, 0.25) is 10.0 Å². The molecule has 0 saturated carbocycles. The minimum atomic E-state index is -3.54. The number of carbonyl (C=O) groups excluding carboxylic acids is 2. The van der Waals surface area contributed by atoms with Crippen LogP contribution in [0.5, 0.6) is 0 Å². The number of nitrogens with zero attached hydrogens (tertiary/aromatic N) is 3. The second kappa shape index (κ2) is 10.1. The maximum atomic E-state index is 13.1. The number of benzene rings is 2. The summed E-state index contributed by atoms with van der Waals surface area (Å²) < 4.78 is 27.6. The molecule has 4 rings (SSSR count). The van der Waals surface area contributed by atoms with Crippen molar-refractivity contribution in [1.82, 2.24) is 14.5 Å². The van der Waals surface area contributed by atoms with Gasteiger partial charge >= 0.3 is 0 Å². The Morgan fingerprint density at radius 2 is 1.86 bits per heavy atom. The molecule has 1 N–H and O–H groups in total. The minimum absolute atomic E-state index is 0.0549. The van der Waals surface area contributed by atoms with Crippen LogP contribution in [0, 0.1) is 6.92 Å². The monoisotopic (exact) mass is 550 g/mol. The van der Waals surface area contributed by atoms with E-state index >= 15 is 0 Å². The van der Waals surface area contributed by atoms with Crippen LogP contribution in [-0.2, 0) is 21.2 Å². The Morgan fingerprint density at radius 3 is 2.50 bits per heavy atom. The van der Waals surface area contributed by atoms with Gasteiger partial charge in [-0.05, 0) is 61.6 Å². The lowest BCUT2D eigenvalue weighted by Crippen LogP contribution is -2.50. The fraction of sp³-hybridized carbons (Fsp3) is 0.400. The molecule has 2 aromatic rings. The van der Waals surface area contributed by atoms with Gasteiger partial charge < -0.3 is 10.2 Å². The Balaban J connectivity index is 1.42. The van der Waals surface area contributed by atoms with Gasteiger partial charge in [-0.3, -0.25) is 14.6 Å². The fourth-order valence-corrected chi connectivity index (χ4v) is 6.40. The third kappa shape index (κ3) is 5.16. The van der Waals surface area contributed by atoms with Crippen molar-refractivity contribution in [2.24, 2.45) is 4.99 Å². The van der Waals surface area contributed by atoms with Gasteiger partial charge in [-0.2, -0.15) is 0 Å². The van der Waals surface area contributed by atoms with Gasteiger partial charge in [0.25, 0.3) is 11.8 Å². The smallest absolute Gasteiger partial charge is 0.253 e. The largest absolute Gasteiger partial charge is 0.345 e. The summed E-state index contributed by atoms with van der Waals surface area (Å²) in [7, 11) is -0.162. The molecule has 0 radical (unpaired) electrons. The predicted octanol–water partition coefficient (Wildman–Crippen LogP) is 3.29. The second-order valence-electron chi connectivity index (χ2n) is 9.35. The number of hydrogen-bond acceptors (Lipinski definition) is 5. The quantitative estimate of drug-likeness (QED) is 0.596. The molecule has 2 aliphatic rings. The van der Waals surface area contributed by atoms with E-state index in [4.69, 9.17) is 23.2 Å². The summed E-state index contributed by atoms with van der Waals surface area (Å²) in [6.45, 7) is 2.27. The van der Waals surface area contributed by atoms with Crippen LogP contribution in [0.15, 0.2) is 41.4 Å². The summed E-state index contributed by atoms with van der Waals surface area (Å²) in [5.41, 5.74) is 1.85. The molecule has 1 saturated heterocycles. The molecule has 2 heterocycles. The molecule has 8 nitrogen and oxygen atoms in total. The van der Waals surface area contributed by atoms with Gasteiger partial charge in [-0.1, -0.05) is 35.3 Å². The molecule has 2 aromatic carbocycles. The van der Waals surface area contributed by atoms with E-state index in [9.17, 15) is 18.0 Å². The van der Waals surface area contributed by atoms with Crippen LogP contribution >= 0.6 is 23.2 Å². The molecule has 0 aliphatic carbocycles. The zero-order valence-electron chi connectivity index (χ0n) is 20.3. The van der Waals surface area contributed by atoms with Crippen molar-refractivity contribution >= 4 is 50.9 Å². The lowest BCUT2D eigenvalue weighted by molar-refractivity contribution is -0.124. The van der Waals surface area contributed by atoms with Crippen molar-refractivity contribution in [3.63, 3.8) is 0 Å². The molecule has 0 bridgehead atoms. The van der Waals surface area contributed by atoms with E-state index in [1.807, 2.05) is 13.0 Å². The normalized spacial score (nSPS) is 17.7. The Bertz CT molecular complexity index is 1350. The van der Waals surface area contributed by atoms with E-state index in [2.05, 4.69) is 10.3 Å². The summed E-state index contributed by atoms with van der Waals surface area (Å²) >= 11 is 12.4. The van der Waals surface area contributed by atoms with Gasteiger partial charge in [-0.25, -0.2) is 12.7 Å². The van der Waals surface area contributed by atoms with Crippen LogP contribution in [0.3, 0.4) is 0 Å². The first-order valence-electron chi connectivity index (χ1n) is 11.6. The van der Waals surface area contributed by atoms with Crippen LogP contribution in [0.2, 0.25) is 10.0 Å². The van der Waals surface area contributed by atoms with Gasteiger partial charge in [-0.15, -0.1) is 0 Å². The number of amides is 2. The Morgan fingerprint density at radius 1 is 1.17 bits per heavy atom. The SMILES string of the molecule is Cc1cc(C(=O)N(C)C)ccc1CCS(=O)(=O)N1CCC2(CC1)N=C(c1cccc(Cl)c1Cl)NC2=O. The highest BCUT2D eigenvalue weighted by Crippen LogP contribution is 2.34. The molecule has 0 atom stereocenters. The zero-order chi connectivity index (χ0) is 26.3. The summed E-state index contributed by atoms with van der Waals surface area (Å²) in [6, 6.07) is 10.4. The van der Waals surface area contributed by atoms with Crippen LogP contribution in [0.25, 0.3) is 0 Å². The summed E-state index contributed by atoms with van der Waals surface area (Å²) in [5, 5.41) is 3.47. The Labute approximate surface area is 221 Å². The average molecular weight is 551 g/mol. The predicted molar refractivity (Wildman–Crippen MR) is 141 cm³/mol. The van der Waals surface area contributed by atoms with Crippen molar-refractivity contribution in [3.8, 4) is 0 Å². The summed E-state index contributed by atoms with van der Waals surface area (Å²) in [4.78, 5) is 31.2. The number of hydrogen-bond donors (Lipinski definition) is 1. The van der Waals surface area contributed by atoms with Crippen molar-refractivity contribution < 1.29 is 18.0 Å². The maximum absolute atomic E-state index is 13.1. The molecule has 2 aliphatic heterocycles. The number of rotatable bonds is 6. The number of carbonyl (C=O) groups is 2. The number of aryl methyl sites for hydroxylation is 2. The second-order valence-corrected chi connectivity index (χ2v) is 12.2. The van der Waals surface area contributed by atoms with Crippen molar-refractivity contribution in [2.75, 3.05) is 32.9 Å². The first-order valence-corrected chi connectivity index (χ1v) is 13.9. The lowest BCUT2D eigenvalue weighted by atomic mass is 9.89. The number of halogens is 2. The molecule has 1 spiro atoms. The number of piperidine rings is 1. The minimum Gasteiger partial charge on any atom is -0.345 e. The molecule has 11 heteroatoms. The molecule has 192 valence electrons. The lowest BCUT2D eigenvalue weighted by Gasteiger charge is -2.34. The zero-order valence-corrected chi connectivity index (χ0v) is 22.7. The molecule has 0 aromatic heterocycles. The number of sulfonamides is 1. The van der Waals surface area contributed by atoms with E-state index < -0.39 is 15.6 Å². The van der Waals surface area contributed by atoms with Gasteiger partial charge in [0.1, 0.15) is 11.4 Å². The number of aliphatic imine (C=N–C) groups is 1. The van der Waals surface area contributed by atoms with E-state index in [-0.39, 0.29) is 43.5 Å². The maximum Gasteiger partial charge on any atom is 0.253 e. The van der Waals surface area contributed by atoms with E-state index in [1.165, 1.54) is 9.21 Å². The van der Waals surface area contributed by atoms with Crippen molar-refractivity contribution in [3.05, 3.63) is 68.7 Å². The molecule has 1 fully saturated rings. The average Bonchev–Trinajstić information content (AvgIpc) is 3.14. The van der Waals surface area contributed by atoms with E-state index in [0.717, 1.165) is 11.1 Å². The van der Waals surface area contributed by atoms with E-state index in [0.29, 0.717) is 33.4 Å². The van der Waals surface area contributed by atoms with Crippen molar-refractivity contribution in [1.29, 1.82) is 0 Å². The van der Waals surface area contributed by atoms with E-state index in [1.54, 1.807) is 44.4 Å². The topological polar surface area (TPSA) is 99.2 Å². The van der Waals surface area contributed by atoms with Crippen molar-refractivity contribution in [2.45, 2.75) is 31.7 Å². The van der Waals surface area contributed by atoms with Gasteiger partial charge in [0.15, 0.2) is 0 Å². The van der Waals surface area contributed by atoms with Gasteiger partial charge in [0.05, 0.1) is 15.8 Å². The first kappa shape index (κ1) is 26.6. The number of amidine groups is 1. The molecule has 36 heavy (non-hydrogen) atoms. The van der Waals surface area contributed by atoms with Gasteiger partial charge in [0, 0.05) is 38.3 Å². The summed E-state index contributed by atoms with van der Waals surface area (Å²) in [6.07, 6.45) is 0.891. The third-order valence-corrected chi connectivity index (χ3v) is 9.45. The molecule has 0 unspecified atom stereocenters. The van der Waals surface area contributed by atoms with Crippen LogP contribution in [0.1, 0.15) is 39.9 Å². The highest BCUT2D eigenvalue weighted by molar-refractivity contribution is 7.89. The Kier molecular flexibility index (Phi) is 7.48. The Hall–Kier alpha value is -2.46. The number of nitrogens with one attached hydrogen (secondary N) is 1. The standard InChI is InChI=1S/C25H28Cl2N4O4S/c1-16-15-18(23(32)30(2)3)8-7-17(16)9-14-36(34,35)31-12-10-25(11-13-31)24(33)28-22(29-25)19-5-4-6-20(26)21(19)27/h4-8,15H,9-14H2,1-3H3,(H,28,29,33). The molecular formula is C25H28Cl2N4O4S. The fourth-order valence-electron chi connectivity index (χ4n) is 4.54. The van der Waals surface area contributed by atoms with Crippen LogP contribution < -0.4 is 5.32 Å². The summed E-state index contributed by atoms with van der Waals surface area (Å²) in [5.74, 6) is -0.0522. The van der Waals surface area contributed by atoms with Crippen LogP contribution in [-0.4, -0.2) is 73.7 Å². The highest BCUT2D eigenvalue weighted by atomic mass is 35.5. The third-order valence-electron chi connectivity index (χ3n) is 6.76. The molecular weight excluding hydrogens is 523 g/mol. The first-order chi connectivity index (χ1) is 16.9. The highest BCUT2D eigenvalue weighted by Gasteiger charge is 2.47.